The monoisotopic (exact) mass is 378 g/mol. The summed E-state index contributed by atoms with van der Waals surface area (Å²) in [6.45, 7) is 2.54. The van der Waals surface area contributed by atoms with E-state index in [0.29, 0.717) is 29.6 Å². The van der Waals surface area contributed by atoms with Gasteiger partial charge in [-0.3, -0.25) is 9.36 Å². The quantitative estimate of drug-likeness (QED) is 0.665. The number of H-pyrrole nitrogens is 2. The molecule has 0 aromatic carbocycles. The van der Waals surface area contributed by atoms with Gasteiger partial charge in [0.25, 0.3) is 5.56 Å². The van der Waals surface area contributed by atoms with E-state index in [9.17, 15) is 4.79 Å². The highest BCUT2D eigenvalue weighted by Crippen LogP contribution is 2.62. The molecular weight excluding hydrogens is 356 g/mol. The largest absolute Gasteiger partial charge is 0.391 e. The average molecular weight is 378 g/mol. The molecule has 28 heavy (non-hydrogen) atoms. The molecule has 3 heterocycles. The molecule has 4 aliphatic carbocycles. The molecule has 0 saturated heterocycles. The van der Waals surface area contributed by atoms with Crippen molar-refractivity contribution in [2.75, 3.05) is 0 Å². The number of hydrogen-bond acceptors (Lipinski definition) is 5. The SMILES string of the molecule is CCCn1c(Oc2ncc[nH]2)nc2nc(C34CC5C=C3CC(C5)C4)[nH]c2c1=O. The molecule has 8 heteroatoms. The number of allylic oxidation sites excluding steroid dienone is 2. The van der Waals surface area contributed by atoms with Crippen LogP contribution in [0.3, 0.4) is 0 Å². The van der Waals surface area contributed by atoms with Crippen molar-refractivity contribution in [3.8, 4) is 12.0 Å². The van der Waals surface area contributed by atoms with Gasteiger partial charge in [0.15, 0.2) is 11.2 Å². The molecular formula is C20H22N6O2. The normalized spacial score (nSPS) is 27.7. The molecule has 8 nitrogen and oxygen atoms in total. The third-order valence-corrected chi connectivity index (χ3v) is 6.58. The van der Waals surface area contributed by atoms with Gasteiger partial charge >= 0.3 is 12.0 Å². The number of aromatic nitrogens is 6. The topological polar surface area (TPSA) is 101 Å². The van der Waals surface area contributed by atoms with Gasteiger partial charge in [-0.05, 0) is 43.9 Å². The fourth-order valence-electron chi connectivity index (χ4n) is 5.61. The molecule has 2 fully saturated rings. The van der Waals surface area contributed by atoms with Crippen molar-refractivity contribution in [3.05, 3.63) is 40.2 Å². The summed E-state index contributed by atoms with van der Waals surface area (Å²) in [4.78, 5) is 32.9. The highest BCUT2D eigenvalue weighted by atomic mass is 16.5. The molecule has 7 rings (SSSR count). The lowest BCUT2D eigenvalue weighted by Crippen LogP contribution is -2.28. The summed E-state index contributed by atoms with van der Waals surface area (Å²) in [5, 5.41) is 0. The summed E-state index contributed by atoms with van der Waals surface area (Å²) in [7, 11) is 0. The van der Waals surface area contributed by atoms with Gasteiger partial charge in [-0.1, -0.05) is 18.6 Å². The third-order valence-electron chi connectivity index (χ3n) is 6.58. The molecule has 144 valence electrons. The Hall–Kier alpha value is -2.90. The van der Waals surface area contributed by atoms with E-state index in [-0.39, 0.29) is 17.0 Å². The fraction of sp³-hybridized carbons (Fsp3) is 0.500. The molecule has 0 radical (unpaired) electrons. The van der Waals surface area contributed by atoms with Gasteiger partial charge in [0.1, 0.15) is 5.82 Å². The van der Waals surface area contributed by atoms with E-state index in [1.54, 1.807) is 17.0 Å². The van der Waals surface area contributed by atoms with E-state index in [2.05, 4.69) is 26.0 Å². The van der Waals surface area contributed by atoms with Crippen molar-refractivity contribution in [2.24, 2.45) is 11.8 Å². The van der Waals surface area contributed by atoms with Crippen LogP contribution in [0.25, 0.3) is 11.2 Å². The number of ether oxygens (including phenoxy) is 1. The maximum absolute atomic E-state index is 13.2. The van der Waals surface area contributed by atoms with Crippen LogP contribution in [0.15, 0.2) is 28.8 Å². The van der Waals surface area contributed by atoms with Crippen LogP contribution >= 0.6 is 0 Å². The highest BCUT2D eigenvalue weighted by molar-refractivity contribution is 5.70. The molecule has 4 bridgehead atoms. The minimum absolute atomic E-state index is 0.0155. The van der Waals surface area contributed by atoms with Crippen molar-refractivity contribution in [1.29, 1.82) is 0 Å². The lowest BCUT2D eigenvalue weighted by molar-refractivity contribution is 0.280. The summed E-state index contributed by atoms with van der Waals surface area (Å²) in [5.74, 6) is 2.33. The first-order chi connectivity index (χ1) is 13.7. The van der Waals surface area contributed by atoms with Crippen molar-refractivity contribution in [2.45, 2.75) is 51.0 Å². The zero-order valence-electron chi connectivity index (χ0n) is 15.7. The lowest BCUT2D eigenvalue weighted by atomic mass is 9.74. The Kier molecular flexibility index (Phi) is 3.19. The van der Waals surface area contributed by atoms with E-state index in [4.69, 9.17) is 9.72 Å². The standard InChI is InChI=1S/C20H22N6O2/c1-2-5-26-16(27)14-15(25-19(26)28-18-21-3-4-22-18)24-17(23-14)20-9-11-6-12(10-20)8-13(20)7-11/h3-4,7,11-12H,2,5-6,8-10H2,1H3,(H,21,22)(H,23,24). The number of hydrogen-bond donors (Lipinski definition) is 2. The molecule has 3 unspecified atom stereocenters. The number of aromatic amines is 2. The Labute approximate surface area is 161 Å². The number of nitrogens with zero attached hydrogens (tertiary/aromatic N) is 4. The van der Waals surface area contributed by atoms with Crippen molar-refractivity contribution >= 4 is 11.2 Å². The van der Waals surface area contributed by atoms with Gasteiger partial charge in [0.2, 0.25) is 0 Å². The lowest BCUT2D eigenvalue weighted by Gasteiger charge is -2.30. The second-order valence-corrected chi connectivity index (χ2v) is 8.38. The molecule has 2 saturated carbocycles. The first-order valence-corrected chi connectivity index (χ1v) is 10.1. The van der Waals surface area contributed by atoms with Crippen molar-refractivity contribution in [3.63, 3.8) is 0 Å². The Balaban J connectivity index is 1.49. The van der Waals surface area contributed by atoms with Gasteiger partial charge in [-0.25, -0.2) is 9.97 Å². The number of fused-ring (bicyclic) bond motifs is 1. The molecule has 4 aliphatic rings. The van der Waals surface area contributed by atoms with E-state index in [0.717, 1.165) is 31.0 Å². The van der Waals surface area contributed by atoms with Gasteiger partial charge in [0.05, 0.1) is 5.41 Å². The highest BCUT2D eigenvalue weighted by Gasteiger charge is 2.55. The van der Waals surface area contributed by atoms with E-state index < -0.39 is 0 Å². The van der Waals surface area contributed by atoms with Crippen molar-refractivity contribution in [1.82, 2.24) is 29.5 Å². The fourth-order valence-corrected chi connectivity index (χ4v) is 5.61. The second kappa shape index (κ2) is 5.56. The Bertz CT molecular complexity index is 1160. The zero-order valence-corrected chi connectivity index (χ0v) is 15.7. The summed E-state index contributed by atoms with van der Waals surface area (Å²) in [5.41, 5.74) is 2.24. The minimum atomic E-state index is -0.143. The van der Waals surface area contributed by atoms with Gasteiger partial charge in [-0.2, -0.15) is 4.98 Å². The van der Waals surface area contributed by atoms with Gasteiger partial charge in [-0.15, -0.1) is 0 Å². The summed E-state index contributed by atoms with van der Waals surface area (Å²) >= 11 is 0. The predicted octanol–water partition coefficient (Wildman–Crippen LogP) is 3.04. The molecule has 3 aromatic heterocycles. The third kappa shape index (κ3) is 2.11. The van der Waals surface area contributed by atoms with Crippen molar-refractivity contribution < 1.29 is 4.74 Å². The number of nitrogens with one attached hydrogen (secondary N) is 2. The van der Waals surface area contributed by atoms with Crippen LogP contribution in [0.5, 0.6) is 12.0 Å². The summed E-state index contributed by atoms with van der Waals surface area (Å²) in [6.07, 6.45) is 11.2. The molecule has 0 spiro atoms. The Morgan fingerprint density at radius 2 is 2.29 bits per heavy atom. The molecule has 0 aliphatic heterocycles. The van der Waals surface area contributed by atoms with Crippen LogP contribution < -0.4 is 10.3 Å². The molecule has 0 amide bonds. The first kappa shape index (κ1) is 16.1. The second-order valence-electron chi connectivity index (χ2n) is 8.38. The molecule has 3 atom stereocenters. The molecule has 3 aromatic rings. The Morgan fingerprint density at radius 3 is 3.07 bits per heavy atom. The first-order valence-electron chi connectivity index (χ1n) is 10.1. The summed E-state index contributed by atoms with van der Waals surface area (Å²) in [6, 6.07) is 0.531. The zero-order chi connectivity index (χ0) is 18.9. The number of rotatable bonds is 5. The average Bonchev–Trinajstić information content (AvgIpc) is 3.42. The minimum Gasteiger partial charge on any atom is -0.391 e. The van der Waals surface area contributed by atoms with E-state index in [1.807, 2.05) is 6.92 Å². The summed E-state index contributed by atoms with van der Waals surface area (Å²) < 4.78 is 7.31. The van der Waals surface area contributed by atoms with E-state index >= 15 is 0 Å². The smallest absolute Gasteiger partial charge is 0.309 e. The number of imidazole rings is 2. The van der Waals surface area contributed by atoms with Gasteiger partial charge in [0, 0.05) is 18.9 Å². The predicted molar refractivity (Wildman–Crippen MR) is 102 cm³/mol. The van der Waals surface area contributed by atoms with Crippen LogP contribution in [0.2, 0.25) is 0 Å². The molecule has 2 N–H and O–H groups in total. The Morgan fingerprint density at radius 1 is 1.36 bits per heavy atom. The van der Waals surface area contributed by atoms with Gasteiger partial charge < -0.3 is 14.7 Å². The maximum atomic E-state index is 13.2. The van der Waals surface area contributed by atoms with Crippen LogP contribution in [0.4, 0.5) is 0 Å². The van der Waals surface area contributed by atoms with Crippen LogP contribution in [-0.2, 0) is 12.0 Å². The van der Waals surface area contributed by atoms with Crippen LogP contribution in [0.1, 0.15) is 44.9 Å². The van der Waals surface area contributed by atoms with Crippen LogP contribution in [0, 0.1) is 11.8 Å². The van der Waals surface area contributed by atoms with E-state index in [1.165, 1.54) is 18.4 Å². The maximum Gasteiger partial charge on any atom is 0.309 e. The van der Waals surface area contributed by atoms with Crippen LogP contribution in [-0.4, -0.2) is 29.5 Å².